The molecule has 0 saturated carbocycles. The van der Waals surface area contributed by atoms with Crippen LogP contribution >= 0.6 is 0 Å². The van der Waals surface area contributed by atoms with Crippen LogP contribution in [-0.4, -0.2) is 10.2 Å². The Balaban J connectivity index is 2.52. The van der Waals surface area contributed by atoms with Crippen LogP contribution in [0, 0.1) is 18.3 Å². The summed E-state index contributed by atoms with van der Waals surface area (Å²) in [5, 5.41) is 16.0. The Morgan fingerprint density at radius 3 is 3.00 bits per heavy atom. The number of nitrogens with zero attached hydrogens (tertiary/aromatic N) is 2. The molecule has 0 spiro atoms. The minimum absolute atomic E-state index is 0.0116. The number of aromatic nitrogens is 2. The largest absolute Gasteiger partial charge is 0.420 e. The molecule has 2 heterocycles. The standard InChI is InChI=1S/C11H14N4O/c1-3-4-7-8(5-12)10(13)16-11-9(7)6(2)14-15-11/h7H,3-4,13H2,1-2H3,(H,14,15)/t7-/m0/s1. The van der Waals surface area contributed by atoms with Gasteiger partial charge in [0.05, 0.1) is 5.57 Å². The number of nitriles is 1. The Morgan fingerprint density at radius 1 is 1.62 bits per heavy atom. The lowest BCUT2D eigenvalue weighted by molar-refractivity contribution is 0.371. The number of aromatic amines is 1. The van der Waals surface area contributed by atoms with Crippen molar-refractivity contribution in [1.82, 2.24) is 10.2 Å². The van der Waals surface area contributed by atoms with E-state index in [1.807, 2.05) is 6.92 Å². The van der Waals surface area contributed by atoms with Crippen LogP contribution in [0.1, 0.15) is 36.9 Å². The first-order valence-electron chi connectivity index (χ1n) is 5.31. The topological polar surface area (TPSA) is 87.7 Å². The van der Waals surface area contributed by atoms with Gasteiger partial charge in [-0.3, -0.25) is 5.10 Å². The maximum atomic E-state index is 9.11. The first-order valence-corrected chi connectivity index (χ1v) is 5.31. The number of allylic oxidation sites excluding steroid dienone is 1. The van der Waals surface area contributed by atoms with Crippen molar-refractivity contribution in [2.45, 2.75) is 32.6 Å². The van der Waals surface area contributed by atoms with E-state index in [1.165, 1.54) is 0 Å². The van der Waals surface area contributed by atoms with Gasteiger partial charge in [0.25, 0.3) is 0 Å². The molecule has 0 aliphatic carbocycles. The molecule has 0 saturated heterocycles. The van der Waals surface area contributed by atoms with Crippen molar-refractivity contribution in [3.63, 3.8) is 0 Å². The Bertz CT molecular complexity index is 481. The summed E-state index contributed by atoms with van der Waals surface area (Å²) in [6.07, 6.45) is 1.85. The number of nitrogens with two attached hydrogens (primary N) is 1. The van der Waals surface area contributed by atoms with Gasteiger partial charge in [0.15, 0.2) is 0 Å². The van der Waals surface area contributed by atoms with E-state index in [9.17, 15) is 0 Å². The fourth-order valence-electron chi connectivity index (χ4n) is 2.09. The molecule has 1 aliphatic rings. The van der Waals surface area contributed by atoms with Gasteiger partial charge in [-0.05, 0) is 13.3 Å². The SMILES string of the molecule is CCC[C@H]1C(C#N)=C(N)Oc2n[nH]c(C)c21. The summed E-state index contributed by atoms with van der Waals surface area (Å²) in [5.41, 5.74) is 8.13. The smallest absolute Gasteiger partial charge is 0.243 e. The van der Waals surface area contributed by atoms with Gasteiger partial charge in [-0.1, -0.05) is 13.3 Å². The molecule has 5 heteroatoms. The fraction of sp³-hybridized carbons (Fsp3) is 0.455. The molecular weight excluding hydrogens is 204 g/mol. The van der Waals surface area contributed by atoms with Crippen molar-refractivity contribution in [2.75, 3.05) is 0 Å². The van der Waals surface area contributed by atoms with Gasteiger partial charge in [0.1, 0.15) is 6.07 Å². The molecule has 0 radical (unpaired) electrons. The molecule has 0 bridgehead atoms. The molecule has 0 unspecified atom stereocenters. The van der Waals surface area contributed by atoms with E-state index in [2.05, 4.69) is 23.2 Å². The second-order valence-corrected chi connectivity index (χ2v) is 3.90. The van der Waals surface area contributed by atoms with Gasteiger partial charge in [-0.2, -0.15) is 5.26 Å². The highest BCUT2D eigenvalue weighted by Crippen LogP contribution is 2.40. The fourth-order valence-corrected chi connectivity index (χ4v) is 2.09. The highest BCUT2D eigenvalue weighted by atomic mass is 16.5. The first kappa shape index (κ1) is 10.6. The van der Waals surface area contributed by atoms with Gasteiger partial charge >= 0.3 is 0 Å². The zero-order valence-electron chi connectivity index (χ0n) is 9.37. The lowest BCUT2D eigenvalue weighted by atomic mass is 9.87. The molecular formula is C11H14N4O. The Morgan fingerprint density at radius 2 is 2.38 bits per heavy atom. The van der Waals surface area contributed by atoms with Gasteiger partial charge < -0.3 is 10.5 Å². The predicted molar refractivity (Wildman–Crippen MR) is 58.4 cm³/mol. The monoisotopic (exact) mass is 218 g/mol. The van der Waals surface area contributed by atoms with Crippen LogP contribution in [0.15, 0.2) is 11.5 Å². The quantitative estimate of drug-likeness (QED) is 0.790. The van der Waals surface area contributed by atoms with Crippen molar-refractivity contribution < 1.29 is 4.74 Å². The van der Waals surface area contributed by atoms with Crippen LogP contribution < -0.4 is 10.5 Å². The van der Waals surface area contributed by atoms with Gasteiger partial charge in [-0.15, -0.1) is 5.10 Å². The highest BCUT2D eigenvalue weighted by Gasteiger charge is 2.31. The number of nitrogens with one attached hydrogen (secondary N) is 1. The third-order valence-corrected chi connectivity index (χ3v) is 2.83. The lowest BCUT2D eigenvalue weighted by Crippen LogP contribution is -2.20. The Labute approximate surface area is 93.9 Å². The molecule has 1 aromatic heterocycles. The van der Waals surface area contributed by atoms with Gasteiger partial charge in [0.2, 0.25) is 11.8 Å². The molecule has 1 atom stereocenters. The van der Waals surface area contributed by atoms with Gasteiger partial charge in [-0.25, -0.2) is 0 Å². The summed E-state index contributed by atoms with van der Waals surface area (Å²) >= 11 is 0. The molecule has 3 N–H and O–H groups in total. The first-order chi connectivity index (χ1) is 7.69. The van der Waals surface area contributed by atoms with E-state index >= 15 is 0 Å². The van der Waals surface area contributed by atoms with Crippen molar-refractivity contribution >= 4 is 0 Å². The number of hydrogen-bond acceptors (Lipinski definition) is 4. The third-order valence-electron chi connectivity index (χ3n) is 2.83. The minimum atomic E-state index is 0.0116. The second-order valence-electron chi connectivity index (χ2n) is 3.90. The normalized spacial score (nSPS) is 18.9. The van der Waals surface area contributed by atoms with Crippen molar-refractivity contribution in [1.29, 1.82) is 5.26 Å². The highest BCUT2D eigenvalue weighted by molar-refractivity contribution is 5.48. The van der Waals surface area contributed by atoms with Crippen LogP contribution in [0.25, 0.3) is 0 Å². The number of ether oxygens (including phenoxy) is 1. The van der Waals surface area contributed by atoms with E-state index in [4.69, 9.17) is 15.7 Å². The number of rotatable bonds is 2. The lowest BCUT2D eigenvalue weighted by Gasteiger charge is -2.22. The van der Waals surface area contributed by atoms with E-state index in [0.29, 0.717) is 11.5 Å². The van der Waals surface area contributed by atoms with Crippen LogP contribution in [0.2, 0.25) is 0 Å². The summed E-state index contributed by atoms with van der Waals surface area (Å²) in [6, 6.07) is 2.13. The second kappa shape index (κ2) is 3.89. The molecule has 84 valence electrons. The summed E-state index contributed by atoms with van der Waals surface area (Å²) in [5.74, 6) is 0.699. The van der Waals surface area contributed by atoms with Gasteiger partial charge in [0, 0.05) is 17.2 Å². The van der Waals surface area contributed by atoms with Crippen molar-refractivity contribution in [3.05, 3.63) is 22.7 Å². The predicted octanol–water partition coefficient (Wildman–Crippen LogP) is 1.69. The molecule has 1 aromatic rings. The Hall–Kier alpha value is -1.96. The van der Waals surface area contributed by atoms with Crippen LogP contribution in [0.4, 0.5) is 0 Å². The van der Waals surface area contributed by atoms with Crippen molar-refractivity contribution in [3.8, 4) is 11.9 Å². The summed E-state index contributed by atoms with van der Waals surface area (Å²) in [6.45, 7) is 4.00. The van der Waals surface area contributed by atoms with E-state index < -0.39 is 0 Å². The van der Waals surface area contributed by atoms with Crippen molar-refractivity contribution in [2.24, 2.45) is 5.73 Å². The van der Waals surface area contributed by atoms with Crippen LogP contribution in [-0.2, 0) is 0 Å². The van der Waals surface area contributed by atoms with E-state index in [1.54, 1.807) is 0 Å². The zero-order chi connectivity index (χ0) is 11.7. The van der Waals surface area contributed by atoms with E-state index in [0.717, 1.165) is 24.1 Å². The minimum Gasteiger partial charge on any atom is -0.420 e. The number of H-pyrrole nitrogens is 1. The maximum Gasteiger partial charge on any atom is 0.243 e. The summed E-state index contributed by atoms with van der Waals surface area (Å²) in [4.78, 5) is 0. The van der Waals surface area contributed by atoms with Crippen LogP contribution in [0.5, 0.6) is 5.88 Å². The zero-order valence-corrected chi connectivity index (χ0v) is 9.37. The number of hydrogen-bond donors (Lipinski definition) is 2. The summed E-state index contributed by atoms with van der Waals surface area (Å²) in [7, 11) is 0. The number of fused-ring (bicyclic) bond motifs is 1. The average Bonchev–Trinajstić information content (AvgIpc) is 2.60. The third kappa shape index (κ3) is 1.43. The van der Waals surface area contributed by atoms with E-state index in [-0.39, 0.29) is 11.8 Å². The number of aryl methyl sites for hydroxylation is 1. The molecule has 5 nitrogen and oxygen atoms in total. The molecule has 2 rings (SSSR count). The summed E-state index contributed by atoms with van der Waals surface area (Å²) < 4.78 is 5.33. The van der Waals surface area contributed by atoms with Crippen LogP contribution in [0.3, 0.4) is 0 Å². The molecule has 0 aromatic carbocycles. The average molecular weight is 218 g/mol. The molecule has 0 amide bonds. The molecule has 16 heavy (non-hydrogen) atoms. The Kier molecular flexibility index (Phi) is 2.57. The molecule has 0 fully saturated rings. The molecule has 1 aliphatic heterocycles. The maximum absolute atomic E-state index is 9.11.